The largest absolute Gasteiger partial charge is 0.489 e. The number of ether oxygens (including phenoxy) is 5. The van der Waals surface area contributed by atoms with Gasteiger partial charge in [0.05, 0.1) is 70.7 Å². The van der Waals surface area contributed by atoms with Gasteiger partial charge in [-0.15, -0.1) is 0 Å². The number of likely N-dealkylation sites (tertiary alicyclic amines) is 1. The highest BCUT2D eigenvalue weighted by atomic mass is 32.2. The molecule has 1 amide bonds. The van der Waals surface area contributed by atoms with Gasteiger partial charge in [-0.2, -0.15) is 18.2 Å². The number of hydrogen-bond acceptors (Lipinski definition) is 15. The van der Waals surface area contributed by atoms with Crippen LogP contribution in [0.25, 0.3) is 11.0 Å². The molecule has 0 bridgehead atoms. The maximum atomic E-state index is 16.1. The first-order valence-corrected chi connectivity index (χ1v) is 27.2. The average molecular weight is 1060 g/mol. The molecule has 5 fully saturated rings. The first kappa shape index (κ1) is 49.7. The Bertz CT molecular complexity index is 3190. The molecule has 4 saturated heterocycles. The van der Waals surface area contributed by atoms with E-state index in [4.69, 9.17) is 34.4 Å². The number of H-pyrrole nitrogens is 1. The second-order valence-electron chi connectivity index (χ2n) is 21.6. The summed E-state index contributed by atoms with van der Waals surface area (Å²) in [4.78, 5) is 39.7. The number of sulfone groups is 1. The lowest BCUT2D eigenvalue weighted by Crippen LogP contribution is -2.55. The van der Waals surface area contributed by atoms with Crippen molar-refractivity contribution >= 4 is 55.2 Å². The zero-order valence-corrected chi connectivity index (χ0v) is 42.4. The molecule has 22 heteroatoms. The first-order valence-electron chi connectivity index (χ1n) is 25.7. The van der Waals surface area contributed by atoms with Crippen LogP contribution in [0.4, 0.5) is 41.6 Å². The molecular weight excluding hydrogens is 998 g/mol. The van der Waals surface area contributed by atoms with E-state index >= 15 is 8.42 Å². The third-order valence-electron chi connectivity index (χ3n) is 17.1. The van der Waals surface area contributed by atoms with Crippen LogP contribution < -0.4 is 30.3 Å². The van der Waals surface area contributed by atoms with Crippen molar-refractivity contribution in [3.05, 3.63) is 93.7 Å². The van der Waals surface area contributed by atoms with E-state index in [1.54, 1.807) is 35.4 Å². The molecule has 3 aromatic carbocycles. The van der Waals surface area contributed by atoms with Gasteiger partial charge in [0.2, 0.25) is 15.7 Å². The lowest BCUT2D eigenvalue weighted by atomic mass is 9.59. The van der Waals surface area contributed by atoms with Gasteiger partial charge in [-0.3, -0.25) is 19.8 Å². The van der Waals surface area contributed by atoms with Crippen molar-refractivity contribution in [2.45, 2.75) is 117 Å². The van der Waals surface area contributed by atoms with E-state index in [9.17, 15) is 28.1 Å². The van der Waals surface area contributed by atoms with Crippen LogP contribution in [0.2, 0.25) is 0 Å². The van der Waals surface area contributed by atoms with Gasteiger partial charge in [0, 0.05) is 55.5 Å². The van der Waals surface area contributed by atoms with Crippen molar-refractivity contribution < 1.29 is 55.0 Å². The van der Waals surface area contributed by atoms with Gasteiger partial charge in [-0.05, 0) is 106 Å². The molecule has 1 aliphatic carbocycles. The minimum atomic E-state index is -4.87. The highest BCUT2D eigenvalue weighted by Crippen LogP contribution is 2.57. The number of hydrogen-bond donors (Lipinski definition) is 3. The number of halogens is 3. The summed E-state index contributed by atoms with van der Waals surface area (Å²) in [6.07, 6.45) is 1.22. The molecule has 1 spiro atoms. The number of pyridine rings is 1. The van der Waals surface area contributed by atoms with E-state index in [1.165, 1.54) is 19.9 Å². The molecule has 8 heterocycles. The summed E-state index contributed by atoms with van der Waals surface area (Å²) >= 11 is 0. The van der Waals surface area contributed by atoms with Crippen LogP contribution in [-0.2, 0) is 29.5 Å². The molecule has 2 aromatic heterocycles. The number of fused-ring (bicyclic) bond motifs is 4. The van der Waals surface area contributed by atoms with Crippen LogP contribution in [0.1, 0.15) is 86.3 Å². The number of aromatic nitrogens is 2. The highest BCUT2D eigenvalue weighted by Gasteiger charge is 2.54. The number of alkyl halides is 3. The molecule has 0 unspecified atom stereocenters. The Morgan fingerprint density at radius 1 is 0.933 bits per heavy atom. The Balaban J connectivity index is 0.930. The van der Waals surface area contributed by atoms with Crippen molar-refractivity contribution in [2.24, 2.45) is 11.1 Å². The second-order valence-corrected chi connectivity index (χ2v) is 23.5. The van der Waals surface area contributed by atoms with Crippen LogP contribution in [0.15, 0.2) is 76.7 Å². The molecule has 7 aliphatic rings. The van der Waals surface area contributed by atoms with E-state index in [1.807, 2.05) is 29.2 Å². The van der Waals surface area contributed by atoms with Crippen molar-refractivity contribution in [1.82, 2.24) is 14.9 Å². The van der Waals surface area contributed by atoms with Gasteiger partial charge in [-0.25, -0.2) is 8.42 Å². The number of carbonyl (C=O) groups excluding carboxylic acids is 1. The van der Waals surface area contributed by atoms with E-state index in [0.29, 0.717) is 74.5 Å². The van der Waals surface area contributed by atoms with Crippen LogP contribution >= 0.6 is 0 Å². The zero-order chi connectivity index (χ0) is 52.2. The molecule has 6 aliphatic heterocycles. The number of benzene rings is 3. The number of carbonyl (C=O) groups is 1. The number of anilines is 4. The smallest absolute Gasteiger partial charge is 0.397 e. The van der Waals surface area contributed by atoms with Crippen LogP contribution in [0.3, 0.4) is 0 Å². The summed E-state index contributed by atoms with van der Waals surface area (Å²) in [5, 5.41) is 16.9. The first-order chi connectivity index (χ1) is 35.9. The number of primary amides is 1. The summed E-state index contributed by atoms with van der Waals surface area (Å²) in [7, 11) is -4.87. The Kier molecular flexibility index (Phi) is 12.3. The van der Waals surface area contributed by atoms with E-state index in [-0.39, 0.29) is 76.5 Å². The standard InChI is InChI=1S/C53H59F3N8O10S/c1-51(2,53(54,55)56)35-7-4-3-6-33(35)37-8-5-16-62(37)31-25-52(26-31)13-17-61(18-14-52)39-10-9-34(48(57)65)46(63-38-12-19-70-29-44(38)74-50-41(63)22-30-11-15-58-49(30)60-50)47(39)75(68,69)32-23-40(64(66)67)45-42(24-32)73-27-36(59-45)43-28-71-20-21-72-43/h3-4,6-7,9-11,15,22-24,31,36-38,43-44,59H,5,8,12-14,16-21,25-29H2,1-2H3,(H2,57,65)(H,58,60)/t36-,37+,38-,43-,44-/m1/s1. The van der Waals surface area contributed by atoms with Crippen molar-refractivity contribution in [3.63, 3.8) is 0 Å². The van der Waals surface area contributed by atoms with Gasteiger partial charge in [0.25, 0.3) is 11.6 Å². The number of nitrogens with one attached hydrogen (secondary N) is 2. The van der Waals surface area contributed by atoms with Crippen molar-refractivity contribution in [2.75, 3.05) is 74.4 Å². The lowest BCUT2D eigenvalue weighted by Gasteiger charge is -2.56. The fraction of sp³-hybridized carbons (Fsp3) is 0.509. The monoisotopic (exact) mass is 1060 g/mol. The number of rotatable bonds is 10. The Hall–Kier alpha value is -6.20. The summed E-state index contributed by atoms with van der Waals surface area (Å²) < 4.78 is 106. The SMILES string of the molecule is CC(C)(c1ccccc1[C@@H]1CCCN1C1CC2(CCN(c3ccc(C(N)=O)c(N4c5cc6cc[nH]c6nc5O[C@@H]5COCC[C@H]54)c3S(=O)(=O)c3cc4c(c([N+](=O)[O-])c3)N[C@@H]([C@H]3COCCO3)CO4)CC2)C1)C(F)(F)F. The summed E-state index contributed by atoms with van der Waals surface area (Å²) in [5.74, 6) is -0.761. The number of aromatic amines is 1. The minimum Gasteiger partial charge on any atom is -0.489 e. The summed E-state index contributed by atoms with van der Waals surface area (Å²) in [6, 6.07) is 15.0. The number of amides is 1. The number of nitrogens with zero attached hydrogens (tertiary/aromatic N) is 5. The predicted molar refractivity (Wildman–Crippen MR) is 270 cm³/mol. The number of nitro groups is 1. The number of nitrogens with two attached hydrogens (primary N) is 1. The molecule has 75 heavy (non-hydrogen) atoms. The van der Waals surface area contributed by atoms with E-state index < -0.39 is 67.1 Å². The van der Waals surface area contributed by atoms with E-state index in [0.717, 1.165) is 43.9 Å². The van der Waals surface area contributed by atoms with Crippen molar-refractivity contribution in [3.8, 4) is 11.6 Å². The van der Waals surface area contributed by atoms with Crippen LogP contribution in [0.5, 0.6) is 11.6 Å². The minimum absolute atomic E-state index is 0.000748. The lowest BCUT2D eigenvalue weighted by molar-refractivity contribution is -0.384. The molecule has 5 aromatic rings. The zero-order valence-electron chi connectivity index (χ0n) is 41.6. The normalized spacial score (nSPS) is 25.1. The van der Waals surface area contributed by atoms with Crippen molar-refractivity contribution in [1.29, 1.82) is 0 Å². The quantitative estimate of drug-likeness (QED) is 0.0889. The predicted octanol–water partition coefficient (Wildman–Crippen LogP) is 8.11. The van der Waals surface area contributed by atoms with Gasteiger partial charge in [-0.1, -0.05) is 24.3 Å². The highest BCUT2D eigenvalue weighted by molar-refractivity contribution is 7.91. The Labute approximate surface area is 431 Å². The van der Waals surface area contributed by atoms with Crippen LogP contribution in [-0.4, -0.2) is 130 Å². The summed E-state index contributed by atoms with van der Waals surface area (Å²) in [5.41, 5.74) is 5.73. The number of piperidine rings is 1. The van der Waals surface area contributed by atoms with Gasteiger partial charge in [0.15, 0.2) is 11.4 Å². The molecule has 12 rings (SSSR count). The Morgan fingerprint density at radius 2 is 1.71 bits per heavy atom. The van der Waals surface area contributed by atoms with E-state index in [2.05, 4.69) is 15.2 Å². The molecule has 5 atom stereocenters. The maximum absolute atomic E-state index is 16.1. The molecular formula is C53H59F3N8O10S. The average Bonchev–Trinajstić information content (AvgIpc) is 4.12. The fourth-order valence-electron chi connectivity index (χ4n) is 12.9. The van der Waals surface area contributed by atoms with Crippen LogP contribution in [0, 0.1) is 15.5 Å². The number of nitro benzene ring substituents is 1. The topological polar surface area (TPSA) is 217 Å². The third kappa shape index (κ3) is 8.41. The van der Waals surface area contributed by atoms with Gasteiger partial charge >= 0.3 is 6.18 Å². The molecule has 1 saturated carbocycles. The molecule has 4 N–H and O–H groups in total. The summed E-state index contributed by atoms with van der Waals surface area (Å²) in [6.45, 7) is 5.56. The Morgan fingerprint density at radius 3 is 2.45 bits per heavy atom. The molecule has 18 nitrogen and oxygen atoms in total. The maximum Gasteiger partial charge on any atom is 0.397 e. The fourth-order valence-corrected chi connectivity index (χ4v) is 14.6. The van der Waals surface area contributed by atoms with Gasteiger partial charge in [0.1, 0.15) is 35.0 Å². The molecule has 398 valence electrons. The third-order valence-corrected chi connectivity index (χ3v) is 18.9. The van der Waals surface area contributed by atoms with Gasteiger partial charge < -0.3 is 49.5 Å². The second kappa shape index (κ2) is 18.5. The molecule has 0 radical (unpaired) electrons.